The molecule has 0 aliphatic rings. The number of carbonyl (C=O) groups is 1. The third-order valence-electron chi connectivity index (χ3n) is 1.58. The van der Waals surface area contributed by atoms with Gasteiger partial charge >= 0.3 is 0 Å². The highest BCUT2D eigenvalue weighted by molar-refractivity contribution is 9.08. The first-order chi connectivity index (χ1) is 6.83. The number of hydrogen-bond donors (Lipinski definition) is 0. The van der Waals surface area contributed by atoms with Gasteiger partial charge in [-0.25, -0.2) is 0 Å². The number of rotatable bonds is 3. The number of alkyl halides is 1. The van der Waals surface area contributed by atoms with Crippen molar-refractivity contribution < 1.29 is 14.3 Å². The van der Waals surface area contributed by atoms with Crippen LogP contribution in [0, 0.1) is 0 Å². The number of benzene rings is 1. The van der Waals surface area contributed by atoms with Gasteiger partial charge in [0.25, 0.3) is 0 Å². The van der Waals surface area contributed by atoms with Crippen molar-refractivity contribution in [2.75, 3.05) is 20.1 Å². The number of methoxy groups -OCH3 is 2. The molecule has 0 fully saturated rings. The Balaban J connectivity index is 0.000000791. The second-order valence-corrected chi connectivity index (χ2v) is 2.19. The summed E-state index contributed by atoms with van der Waals surface area (Å²) in [7, 11) is 3.03. The quantitative estimate of drug-likeness (QED) is 0.619. The Morgan fingerprint density at radius 2 is 1.57 bits per heavy atom. The zero-order valence-electron chi connectivity index (χ0n) is 8.41. The predicted molar refractivity (Wildman–Crippen MR) is 59.8 cm³/mol. The van der Waals surface area contributed by atoms with Gasteiger partial charge in [0.1, 0.15) is 11.5 Å². The fourth-order valence-electron chi connectivity index (χ4n) is 0.996. The molecule has 1 rings (SSSR count). The largest absolute Gasteiger partial charge is 0.496 e. The zero-order chi connectivity index (χ0) is 11.0. The first-order valence-corrected chi connectivity index (χ1v) is 5.46. The van der Waals surface area contributed by atoms with Gasteiger partial charge in [-0.3, -0.25) is 4.79 Å². The van der Waals surface area contributed by atoms with E-state index in [1.807, 2.05) is 5.83 Å². The Hall–Kier alpha value is -1.03. The van der Waals surface area contributed by atoms with E-state index in [-0.39, 0.29) is 0 Å². The van der Waals surface area contributed by atoms with Crippen molar-refractivity contribution in [2.45, 2.75) is 0 Å². The van der Waals surface area contributed by atoms with Gasteiger partial charge in [-0.05, 0) is 18.0 Å². The van der Waals surface area contributed by atoms with Crippen LogP contribution in [-0.4, -0.2) is 26.3 Å². The highest BCUT2D eigenvalue weighted by Crippen LogP contribution is 2.25. The summed E-state index contributed by atoms with van der Waals surface area (Å²) < 4.78 is 9.93. The molecule has 0 saturated heterocycles. The Morgan fingerprint density at radius 3 is 1.86 bits per heavy atom. The van der Waals surface area contributed by atoms with Crippen LogP contribution < -0.4 is 9.47 Å². The summed E-state index contributed by atoms with van der Waals surface area (Å²) in [6.45, 7) is 0. The summed E-state index contributed by atoms with van der Waals surface area (Å²) in [5.41, 5.74) is 0.447. The molecular formula is C10H13BrO3. The van der Waals surface area contributed by atoms with Gasteiger partial charge in [0.2, 0.25) is 0 Å². The highest BCUT2D eigenvalue weighted by atomic mass is 79.9. The van der Waals surface area contributed by atoms with E-state index >= 15 is 0 Å². The van der Waals surface area contributed by atoms with Gasteiger partial charge in [-0.1, -0.05) is 22.0 Å². The van der Waals surface area contributed by atoms with Crippen molar-refractivity contribution in [3.8, 4) is 11.5 Å². The van der Waals surface area contributed by atoms with Crippen LogP contribution in [0.15, 0.2) is 18.2 Å². The van der Waals surface area contributed by atoms with Crippen molar-refractivity contribution >= 4 is 22.2 Å². The molecule has 14 heavy (non-hydrogen) atoms. The average molecular weight is 261 g/mol. The van der Waals surface area contributed by atoms with Crippen molar-refractivity contribution in [1.29, 1.82) is 0 Å². The van der Waals surface area contributed by atoms with Crippen LogP contribution in [0.2, 0.25) is 0 Å². The number of halogens is 1. The van der Waals surface area contributed by atoms with E-state index in [2.05, 4.69) is 15.9 Å². The SMILES string of the molecule is CBr.COc1cccc(OC)c1C=O. The Labute approximate surface area is 92.2 Å². The smallest absolute Gasteiger partial charge is 0.157 e. The molecule has 0 unspecified atom stereocenters. The molecule has 1 aromatic rings. The second kappa shape index (κ2) is 7.38. The highest BCUT2D eigenvalue weighted by Gasteiger charge is 2.06. The lowest BCUT2D eigenvalue weighted by Crippen LogP contribution is -1.94. The fourth-order valence-corrected chi connectivity index (χ4v) is 0.996. The molecule has 3 nitrogen and oxygen atoms in total. The molecule has 0 bridgehead atoms. The van der Waals surface area contributed by atoms with E-state index in [9.17, 15) is 4.79 Å². The third-order valence-corrected chi connectivity index (χ3v) is 1.58. The van der Waals surface area contributed by atoms with Crippen LogP contribution in [0.25, 0.3) is 0 Å². The van der Waals surface area contributed by atoms with Gasteiger partial charge in [-0.15, -0.1) is 0 Å². The molecule has 0 heterocycles. The molecule has 0 amide bonds. The standard InChI is InChI=1S/C9H10O3.CH3Br/c1-11-8-4-3-5-9(12-2)7(8)6-10;1-2/h3-6H,1-2H3;1H3. The Kier molecular flexibility index (Phi) is 6.84. The molecule has 4 heteroatoms. The summed E-state index contributed by atoms with van der Waals surface area (Å²) in [6, 6.07) is 5.20. The number of hydrogen-bond acceptors (Lipinski definition) is 3. The molecule has 0 N–H and O–H groups in total. The summed E-state index contributed by atoms with van der Waals surface area (Å²) in [5.74, 6) is 2.88. The molecular weight excluding hydrogens is 248 g/mol. The molecule has 0 spiro atoms. The molecule has 78 valence electrons. The van der Waals surface area contributed by atoms with Gasteiger partial charge in [0.05, 0.1) is 19.8 Å². The minimum absolute atomic E-state index is 0.447. The topological polar surface area (TPSA) is 35.5 Å². The maximum atomic E-state index is 10.6. The normalized spacial score (nSPS) is 8.29. The van der Waals surface area contributed by atoms with E-state index in [0.29, 0.717) is 17.1 Å². The number of carbonyl (C=O) groups excluding carboxylic acids is 1. The van der Waals surface area contributed by atoms with Crippen molar-refractivity contribution in [3.63, 3.8) is 0 Å². The van der Waals surface area contributed by atoms with Gasteiger partial charge in [-0.2, -0.15) is 0 Å². The van der Waals surface area contributed by atoms with Crippen molar-refractivity contribution in [3.05, 3.63) is 23.8 Å². The maximum absolute atomic E-state index is 10.6. The van der Waals surface area contributed by atoms with E-state index < -0.39 is 0 Å². The van der Waals surface area contributed by atoms with E-state index in [0.717, 1.165) is 6.29 Å². The van der Waals surface area contributed by atoms with Gasteiger partial charge in [0, 0.05) is 0 Å². The molecule has 1 aromatic carbocycles. The molecule has 0 aliphatic carbocycles. The zero-order valence-corrected chi connectivity index (χ0v) is 10.00. The van der Waals surface area contributed by atoms with Crippen LogP contribution in [0.3, 0.4) is 0 Å². The first kappa shape index (κ1) is 13.0. The van der Waals surface area contributed by atoms with Crippen LogP contribution in [0.1, 0.15) is 10.4 Å². The first-order valence-electron chi connectivity index (χ1n) is 3.87. The minimum atomic E-state index is 0.447. The van der Waals surface area contributed by atoms with Crippen molar-refractivity contribution in [1.82, 2.24) is 0 Å². The molecule has 0 radical (unpaired) electrons. The molecule has 0 atom stereocenters. The summed E-state index contributed by atoms with van der Waals surface area (Å²) in [6.07, 6.45) is 0.720. The molecule has 0 aliphatic heterocycles. The van der Waals surface area contributed by atoms with E-state index in [1.165, 1.54) is 14.2 Å². The lowest BCUT2D eigenvalue weighted by Gasteiger charge is -2.06. The Bertz CT molecular complexity index is 264. The van der Waals surface area contributed by atoms with Crippen molar-refractivity contribution in [2.24, 2.45) is 0 Å². The summed E-state index contributed by atoms with van der Waals surface area (Å²) in [4.78, 5) is 10.6. The lowest BCUT2D eigenvalue weighted by atomic mass is 10.2. The number of aldehydes is 1. The second-order valence-electron chi connectivity index (χ2n) is 2.19. The van der Waals surface area contributed by atoms with Gasteiger partial charge in [0.15, 0.2) is 6.29 Å². The van der Waals surface area contributed by atoms with Gasteiger partial charge < -0.3 is 9.47 Å². The summed E-state index contributed by atoms with van der Waals surface area (Å²) in [5, 5.41) is 0. The average Bonchev–Trinajstić information content (AvgIpc) is 2.30. The van der Waals surface area contributed by atoms with Crippen LogP contribution in [-0.2, 0) is 0 Å². The predicted octanol–water partition coefficient (Wildman–Crippen LogP) is 2.53. The third kappa shape index (κ3) is 3.03. The van der Waals surface area contributed by atoms with E-state index in [1.54, 1.807) is 18.2 Å². The Morgan fingerprint density at radius 1 is 1.14 bits per heavy atom. The monoisotopic (exact) mass is 260 g/mol. The summed E-state index contributed by atoms with van der Waals surface area (Å²) >= 11 is 2.94. The van der Waals surface area contributed by atoms with Crippen LogP contribution in [0.4, 0.5) is 0 Å². The minimum Gasteiger partial charge on any atom is -0.496 e. The van der Waals surface area contributed by atoms with Crippen LogP contribution in [0.5, 0.6) is 11.5 Å². The maximum Gasteiger partial charge on any atom is 0.157 e. The van der Waals surface area contributed by atoms with E-state index in [4.69, 9.17) is 9.47 Å². The fraction of sp³-hybridized carbons (Fsp3) is 0.300. The number of ether oxygens (including phenoxy) is 2. The lowest BCUT2D eigenvalue weighted by molar-refractivity contribution is 0.111. The van der Waals surface area contributed by atoms with Crippen LogP contribution >= 0.6 is 15.9 Å². The molecule has 0 saturated carbocycles. The molecule has 0 aromatic heterocycles.